The molecule has 4 heteroatoms. The molecule has 1 aromatic rings. The van der Waals surface area contributed by atoms with Crippen molar-refractivity contribution in [3.63, 3.8) is 0 Å². The van der Waals surface area contributed by atoms with Gasteiger partial charge in [-0.2, -0.15) is 11.8 Å². The highest BCUT2D eigenvalue weighted by molar-refractivity contribution is 8.00. The molecule has 0 radical (unpaired) electrons. The van der Waals surface area contributed by atoms with E-state index in [2.05, 4.69) is 34.6 Å². The summed E-state index contributed by atoms with van der Waals surface area (Å²) >= 11 is 1.92. The first-order valence-electron chi connectivity index (χ1n) is 5.55. The van der Waals surface area contributed by atoms with Gasteiger partial charge in [0, 0.05) is 11.4 Å². The van der Waals surface area contributed by atoms with Crippen LogP contribution in [0.1, 0.15) is 5.56 Å². The fraction of sp³-hybridized carbons (Fsp3) is 0.417. The zero-order chi connectivity index (χ0) is 11.2. The van der Waals surface area contributed by atoms with Gasteiger partial charge in [0.25, 0.3) is 0 Å². The Labute approximate surface area is 101 Å². The van der Waals surface area contributed by atoms with E-state index in [0.29, 0.717) is 6.54 Å². The molecule has 0 aromatic heterocycles. The largest absolute Gasteiger partial charge is 0.343 e. The zero-order valence-corrected chi connectivity index (χ0v) is 10.1. The molecule has 2 rings (SSSR count). The van der Waals surface area contributed by atoms with E-state index in [-0.39, 0.29) is 0 Å². The third-order valence-electron chi connectivity index (χ3n) is 2.45. The lowest BCUT2D eigenvalue weighted by Crippen LogP contribution is -2.19. The summed E-state index contributed by atoms with van der Waals surface area (Å²) in [5, 5.41) is 3.35. The van der Waals surface area contributed by atoms with Gasteiger partial charge in [-0.1, -0.05) is 12.1 Å². The summed E-state index contributed by atoms with van der Waals surface area (Å²) in [6.45, 7) is 1.63. The highest BCUT2D eigenvalue weighted by Crippen LogP contribution is 2.13. The maximum absolute atomic E-state index is 5.51. The highest BCUT2D eigenvalue weighted by Gasteiger charge is 2.05. The summed E-state index contributed by atoms with van der Waals surface area (Å²) in [5.74, 6) is 3.22. The molecule has 0 saturated carbocycles. The number of thioether (sulfide) groups is 1. The van der Waals surface area contributed by atoms with E-state index >= 15 is 0 Å². The average molecular weight is 235 g/mol. The molecular weight excluding hydrogens is 218 g/mol. The van der Waals surface area contributed by atoms with Crippen LogP contribution in [-0.2, 0) is 6.42 Å². The van der Waals surface area contributed by atoms with Crippen molar-refractivity contribution in [3.8, 4) is 0 Å². The maximum atomic E-state index is 5.51. The van der Waals surface area contributed by atoms with Gasteiger partial charge < -0.3 is 11.1 Å². The van der Waals surface area contributed by atoms with Crippen molar-refractivity contribution in [1.29, 1.82) is 0 Å². The predicted octanol–water partition coefficient (Wildman–Crippen LogP) is 1.74. The molecule has 0 atom stereocenters. The molecule has 1 aliphatic rings. The first-order chi connectivity index (χ1) is 7.88. The molecule has 0 unspecified atom stereocenters. The van der Waals surface area contributed by atoms with Crippen molar-refractivity contribution in [2.45, 2.75) is 6.42 Å². The number of nitrogens with zero attached hydrogens (tertiary/aromatic N) is 1. The second-order valence-electron chi connectivity index (χ2n) is 3.74. The fourth-order valence-electron chi connectivity index (χ4n) is 1.62. The Balaban J connectivity index is 1.96. The van der Waals surface area contributed by atoms with Crippen LogP contribution in [0, 0.1) is 0 Å². The van der Waals surface area contributed by atoms with Crippen LogP contribution in [0.15, 0.2) is 29.3 Å². The van der Waals surface area contributed by atoms with E-state index < -0.39 is 0 Å². The normalized spacial score (nSPS) is 15.7. The van der Waals surface area contributed by atoms with Crippen LogP contribution >= 0.6 is 11.8 Å². The second-order valence-corrected chi connectivity index (χ2v) is 4.85. The predicted molar refractivity (Wildman–Crippen MR) is 72.5 cm³/mol. The molecule has 0 saturated heterocycles. The Morgan fingerprint density at radius 2 is 2.12 bits per heavy atom. The van der Waals surface area contributed by atoms with Gasteiger partial charge in [-0.15, -0.1) is 0 Å². The molecule has 1 aromatic carbocycles. The minimum atomic E-state index is 0.704. The maximum Gasteiger partial charge on any atom is 0.111 e. The number of amidine groups is 1. The van der Waals surface area contributed by atoms with Gasteiger partial charge in [0.15, 0.2) is 0 Å². The van der Waals surface area contributed by atoms with E-state index in [1.54, 1.807) is 0 Å². The Kier molecular flexibility index (Phi) is 4.25. The molecule has 86 valence electrons. The van der Waals surface area contributed by atoms with Gasteiger partial charge in [-0.3, -0.25) is 4.99 Å². The van der Waals surface area contributed by atoms with Crippen LogP contribution in [0.5, 0.6) is 0 Å². The fourth-order valence-corrected chi connectivity index (χ4v) is 2.34. The summed E-state index contributed by atoms with van der Waals surface area (Å²) in [5.41, 5.74) is 7.91. The number of hydrogen-bond donors (Lipinski definition) is 2. The zero-order valence-electron chi connectivity index (χ0n) is 9.28. The Morgan fingerprint density at radius 3 is 2.75 bits per heavy atom. The number of rotatable bonds is 3. The highest BCUT2D eigenvalue weighted by atomic mass is 32.2. The van der Waals surface area contributed by atoms with Crippen molar-refractivity contribution < 1.29 is 0 Å². The molecule has 0 spiro atoms. The molecule has 3 N–H and O–H groups in total. The van der Waals surface area contributed by atoms with Crippen LogP contribution in [0.3, 0.4) is 0 Å². The minimum Gasteiger partial charge on any atom is -0.343 e. The Hall–Kier alpha value is -1.00. The molecule has 3 nitrogen and oxygen atoms in total. The first-order valence-corrected chi connectivity index (χ1v) is 6.71. The number of nitrogens with two attached hydrogens (primary N) is 1. The number of hydrogen-bond acceptors (Lipinski definition) is 4. The van der Waals surface area contributed by atoms with Crippen molar-refractivity contribution in [3.05, 3.63) is 29.8 Å². The van der Waals surface area contributed by atoms with Gasteiger partial charge in [-0.25, -0.2) is 0 Å². The van der Waals surface area contributed by atoms with Gasteiger partial charge in [0.05, 0.1) is 12.3 Å². The molecular formula is C12H17N3S. The number of benzene rings is 1. The number of aliphatic imine (C=N–C) groups is 1. The summed E-state index contributed by atoms with van der Waals surface area (Å²) < 4.78 is 0. The summed E-state index contributed by atoms with van der Waals surface area (Å²) in [6.07, 6.45) is 0.942. The third-order valence-corrected chi connectivity index (χ3v) is 3.40. The lowest BCUT2D eigenvalue weighted by Gasteiger charge is -2.13. The molecule has 0 bridgehead atoms. The second kappa shape index (κ2) is 5.92. The van der Waals surface area contributed by atoms with Crippen LogP contribution in [0.4, 0.5) is 5.69 Å². The van der Waals surface area contributed by atoms with Gasteiger partial charge in [0.1, 0.15) is 5.84 Å². The van der Waals surface area contributed by atoms with E-state index in [1.807, 2.05) is 11.8 Å². The lowest BCUT2D eigenvalue weighted by molar-refractivity contribution is 0.969. The molecule has 0 aliphatic carbocycles. The smallest absolute Gasteiger partial charge is 0.111 e. The summed E-state index contributed by atoms with van der Waals surface area (Å²) in [6, 6.07) is 8.41. The van der Waals surface area contributed by atoms with E-state index in [1.165, 1.54) is 5.56 Å². The van der Waals surface area contributed by atoms with Gasteiger partial charge >= 0.3 is 0 Å². The lowest BCUT2D eigenvalue weighted by atomic mass is 10.1. The third kappa shape index (κ3) is 3.25. The molecule has 1 heterocycles. The standard InChI is InChI=1S/C12H17N3S/c13-6-5-10-1-3-11(4-2-10)15-12-9-16-8-7-14-12/h1-4H,5-9,13H2,(H,14,15). The van der Waals surface area contributed by atoms with Crippen LogP contribution in [0.2, 0.25) is 0 Å². The average Bonchev–Trinajstić information content (AvgIpc) is 2.33. The minimum absolute atomic E-state index is 0.704. The van der Waals surface area contributed by atoms with E-state index in [4.69, 9.17) is 5.73 Å². The summed E-state index contributed by atoms with van der Waals surface area (Å²) in [4.78, 5) is 4.45. The monoisotopic (exact) mass is 235 g/mol. The van der Waals surface area contributed by atoms with Crippen molar-refractivity contribution in [1.82, 2.24) is 0 Å². The Morgan fingerprint density at radius 1 is 1.31 bits per heavy atom. The molecule has 1 aliphatic heterocycles. The van der Waals surface area contributed by atoms with Crippen molar-refractivity contribution >= 4 is 23.3 Å². The number of anilines is 1. The van der Waals surface area contributed by atoms with Crippen LogP contribution in [0.25, 0.3) is 0 Å². The van der Waals surface area contributed by atoms with Gasteiger partial charge in [-0.05, 0) is 30.7 Å². The van der Waals surface area contributed by atoms with E-state index in [0.717, 1.165) is 36.0 Å². The topological polar surface area (TPSA) is 50.4 Å². The molecule has 0 amide bonds. The quantitative estimate of drug-likeness (QED) is 0.839. The van der Waals surface area contributed by atoms with Crippen molar-refractivity contribution in [2.24, 2.45) is 10.7 Å². The SMILES string of the molecule is NCCc1ccc(NC2=NCCSC2)cc1. The number of nitrogens with one attached hydrogen (secondary N) is 1. The van der Waals surface area contributed by atoms with Crippen LogP contribution in [-0.4, -0.2) is 30.4 Å². The van der Waals surface area contributed by atoms with Crippen LogP contribution < -0.4 is 11.1 Å². The summed E-state index contributed by atoms with van der Waals surface area (Å²) in [7, 11) is 0. The molecule has 0 fully saturated rings. The van der Waals surface area contributed by atoms with Gasteiger partial charge in [0.2, 0.25) is 0 Å². The first kappa shape index (κ1) is 11.5. The van der Waals surface area contributed by atoms with E-state index in [9.17, 15) is 0 Å². The Bertz CT molecular complexity index is 359. The van der Waals surface area contributed by atoms with Crippen molar-refractivity contribution in [2.75, 3.05) is 29.9 Å². The molecule has 16 heavy (non-hydrogen) atoms.